The molecule has 4 heterocycles. The number of amides is 1. The summed E-state index contributed by atoms with van der Waals surface area (Å²) in [5.74, 6) is -2.86. The third-order valence-corrected chi connectivity index (χ3v) is 8.56. The number of carbonyl (C=O) groups excluding carboxylic acids is 1. The van der Waals surface area contributed by atoms with Gasteiger partial charge in [0.25, 0.3) is 17.0 Å². The molecular weight excluding hydrogens is 590 g/mol. The van der Waals surface area contributed by atoms with Crippen LogP contribution in [0.15, 0.2) is 21.7 Å². The maximum atomic E-state index is 14.2. The van der Waals surface area contributed by atoms with E-state index in [1.165, 1.54) is 11.5 Å². The highest BCUT2D eigenvalue weighted by Crippen LogP contribution is 2.25. The molecule has 0 saturated carbocycles. The molecule has 2 aliphatic heterocycles. The first-order chi connectivity index (χ1) is 21.1. The number of halogens is 2. The third-order valence-electron chi connectivity index (χ3n) is 8.56. The fourth-order valence-electron chi connectivity index (χ4n) is 5.95. The molecule has 4 rings (SSSR count). The Hall–Kier alpha value is -3.42. The minimum Gasteiger partial charge on any atom is -0.477 e. The van der Waals surface area contributed by atoms with Crippen molar-refractivity contribution < 1.29 is 33.3 Å². The normalized spacial score (nSPS) is 17.2. The number of ether oxygens (including phenoxy) is 1. The van der Waals surface area contributed by atoms with Gasteiger partial charge in [0, 0.05) is 51.2 Å². The van der Waals surface area contributed by atoms with Crippen LogP contribution < -0.4 is 16.4 Å². The van der Waals surface area contributed by atoms with E-state index in [1.54, 1.807) is 34.6 Å². The quantitative estimate of drug-likeness (QED) is 0.400. The number of nitrogens with one attached hydrogen (secondary N) is 1. The zero-order valence-corrected chi connectivity index (χ0v) is 27.0. The maximum Gasteiger partial charge on any atom is 0.341 e. The summed E-state index contributed by atoms with van der Waals surface area (Å²) in [6.45, 7) is 14.0. The van der Waals surface area contributed by atoms with Crippen molar-refractivity contribution in [3.63, 3.8) is 0 Å². The molecule has 0 atom stereocenters. The highest BCUT2D eigenvalue weighted by Gasteiger charge is 2.33. The third kappa shape index (κ3) is 8.86. The van der Waals surface area contributed by atoms with Crippen LogP contribution in [-0.4, -0.2) is 81.1 Å². The number of β-amino-alcohol motifs (C(OH)–C–C–N with tert-alkyl or cyclic N) is 1. The van der Waals surface area contributed by atoms with E-state index >= 15 is 0 Å². The van der Waals surface area contributed by atoms with E-state index in [0.717, 1.165) is 42.6 Å². The number of hydrogen-bond donors (Lipinski definition) is 3. The molecule has 2 aromatic heterocycles. The van der Waals surface area contributed by atoms with Crippen LogP contribution in [0.3, 0.4) is 0 Å². The fourth-order valence-corrected chi connectivity index (χ4v) is 5.95. The number of aliphatic hydroxyl groups is 1. The SMILES string of the molecule is Cc1c(F)cc(C(=O)NCC2CCN(CC3(O)CCOCC3)CC2)c(=O)n1C(C)C.Cc1c(F)cc(C(=O)O)c(=O)n1C(C)C. The predicted molar refractivity (Wildman–Crippen MR) is 165 cm³/mol. The number of rotatable bonds is 8. The molecule has 0 aliphatic carbocycles. The molecule has 2 saturated heterocycles. The molecule has 1 amide bonds. The van der Waals surface area contributed by atoms with E-state index in [0.29, 0.717) is 45.1 Å². The van der Waals surface area contributed by atoms with E-state index < -0.39 is 45.8 Å². The molecule has 45 heavy (non-hydrogen) atoms. The molecule has 2 aromatic rings. The first kappa shape index (κ1) is 36.1. The van der Waals surface area contributed by atoms with Gasteiger partial charge in [-0.1, -0.05) is 0 Å². The van der Waals surface area contributed by atoms with Crippen LogP contribution in [0.1, 0.15) is 97.6 Å². The number of carboxylic acid groups (broad SMARTS) is 1. The first-order valence-corrected chi connectivity index (χ1v) is 15.4. The van der Waals surface area contributed by atoms with Crippen LogP contribution in [0.5, 0.6) is 0 Å². The summed E-state index contributed by atoms with van der Waals surface area (Å²) in [4.78, 5) is 49.8. The lowest BCUT2D eigenvalue weighted by molar-refractivity contribution is -0.0829. The number of nitrogens with zero attached hydrogens (tertiary/aromatic N) is 3. The number of hydrogen-bond acceptors (Lipinski definition) is 7. The number of carbonyl (C=O) groups is 2. The minimum absolute atomic E-state index is 0.147. The Balaban J connectivity index is 0.000000309. The van der Waals surface area contributed by atoms with E-state index in [-0.39, 0.29) is 29.0 Å². The van der Waals surface area contributed by atoms with Gasteiger partial charge in [0.2, 0.25) is 0 Å². The van der Waals surface area contributed by atoms with Gasteiger partial charge in [0.15, 0.2) is 0 Å². The van der Waals surface area contributed by atoms with Crippen molar-refractivity contribution >= 4 is 11.9 Å². The molecule has 0 unspecified atom stereocenters. The van der Waals surface area contributed by atoms with Crippen LogP contribution in [0, 0.1) is 31.4 Å². The highest BCUT2D eigenvalue weighted by molar-refractivity contribution is 5.93. The van der Waals surface area contributed by atoms with Crippen molar-refractivity contribution in [2.24, 2.45) is 5.92 Å². The molecule has 0 radical (unpaired) electrons. The fraction of sp³-hybridized carbons (Fsp3) is 0.625. The second-order valence-electron chi connectivity index (χ2n) is 12.6. The maximum absolute atomic E-state index is 14.2. The van der Waals surface area contributed by atoms with Gasteiger partial charge in [-0.15, -0.1) is 0 Å². The van der Waals surface area contributed by atoms with Gasteiger partial charge < -0.3 is 34.3 Å². The molecule has 2 fully saturated rings. The monoisotopic (exact) mass is 636 g/mol. The molecule has 0 spiro atoms. The summed E-state index contributed by atoms with van der Waals surface area (Å²) in [5.41, 5.74) is -2.08. The Labute approximate surface area is 261 Å². The van der Waals surface area contributed by atoms with Gasteiger partial charge >= 0.3 is 5.97 Å². The molecule has 13 heteroatoms. The van der Waals surface area contributed by atoms with Crippen molar-refractivity contribution in [2.75, 3.05) is 39.4 Å². The summed E-state index contributed by atoms with van der Waals surface area (Å²) in [7, 11) is 0. The topological polar surface area (TPSA) is 143 Å². The van der Waals surface area contributed by atoms with Crippen molar-refractivity contribution in [3.05, 3.63) is 67.0 Å². The summed E-state index contributed by atoms with van der Waals surface area (Å²) >= 11 is 0. The average molecular weight is 637 g/mol. The lowest BCUT2D eigenvalue weighted by atomic mass is 9.91. The molecule has 0 bridgehead atoms. The van der Waals surface area contributed by atoms with Crippen LogP contribution in [0.25, 0.3) is 0 Å². The van der Waals surface area contributed by atoms with Gasteiger partial charge in [0.1, 0.15) is 22.8 Å². The van der Waals surface area contributed by atoms with Crippen molar-refractivity contribution in [1.82, 2.24) is 19.4 Å². The highest BCUT2D eigenvalue weighted by atomic mass is 19.1. The van der Waals surface area contributed by atoms with Crippen LogP contribution in [-0.2, 0) is 4.74 Å². The summed E-state index contributed by atoms with van der Waals surface area (Å²) in [6, 6.07) is 1.31. The van der Waals surface area contributed by atoms with Gasteiger partial charge in [0.05, 0.1) is 17.0 Å². The molecular formula is C32H46F2N4O7. The Bertz CT molecular complexity index is 1490. The smallest absolute Gasteiger partial charge is 0.341 e. The van der Waals surface area contributed by atoms with Crippen LogP contribution >= 0.6 is 0 Å². The lowest BCUT2D eigenvalue weighted by Gasteiger charge is -2.39. The predicted octanol–water partition coefficient (Wildman–Crippen LogP) is 3.43. The second-order valence-corrected chi connectivity index (χ2v) is 12.6. The van der Waals surface area contributed by atoms with E-state index in [4.69, 9.17) is 9.84 Å². The number of aromatic nitrogens is 2. The number of carboxylic acids is 1. The van der Waals surface area contributed by atoms with Crippen molar-refractivity contribution in [2.45, 2.75) is 84.9 Å². The zero-order valence-electron chi connectivity index (χ0n) is 27.0. The van der Waals surface area contributed by atoms with Gasteiger partial charge in [-0.2, -0.15) is 0 Å². The molecule has 250 valence electrons. The summed E-state index contributed by atoms with van der Waals surface area (Å²) in [5, 5.41) is 22.2. The number of aromatic carboxylic acids is 1. The van der Waals surface area contributed by atoms with Gasteiger partial charge in [-0.3, -0.25) is 14.4 Å². The average Bonchev–Trinajstić information content (AvgIpc) is 2.96. The van der Waals surface area contributed by atoms with E-state index in [1.807, 2.05) is 0 Å². The molecule has 3 N–H and O–H groups in total. The Kier molecular flexibility index (Phi) is 12.2. The van der Waals surface area contributed by atoms with Crippen molar-refractivity contribution in [1.29, 1.82) is 0 Å². The summed E-state index contributed by atoms with van der Waals surface area (Å²) < 4.78 is 35.3. The number of piperidine rings is 1. The lowest BCUT2D eigenvalue weighted by Crippen LogP contribution is -2.49. The Morgan fingerprint density at radius 1 is 0.933 bits per heavy atom. The van der Waals surface area contributed by atoms with Gasteiger partial charge in [-0.25, -0.2) is 13.6 Å². The van der Waals surface area contributed by atoms with Crippen LogP contribution in [0.2, 0.25) is 0 Å². The molecule has 11 nitrogen and oxygen atoms in total. The summed E-state index contributed by atoms with van der Waals surface area (Å²) in [6.07, 6.45) is 3.16. The minimum atomic E-state index is -1.41. The van der Waals surface area contributed by atoms with E-state index in [2.05, 4.69) is 10.2 Å². The second kappa shape index (κ2) is 15.2. The largest absolute Gasteiger partial charge is 0.477 e. The van der Waals surface area contributed by atoms with Crippen LogP contribution in [0.4, 0.5) is 8.78 Å². The number of pyridine rings is 2. The Morgan fingerprint density at radius 2 is 1.40 bits per heavy atom. The molecule has 0 aromatic carbocycles. The zero-order chi connectivity index (χ0) is 33.6. The van der Waals surface area contributed by atoms with Gasteiger partial charge in [-0.05, 0) is 85.5 Å². The standard InChI is InChI=1S/C22H34FN3O4.C10H12FNO3/c1-15(2)26-16(3)19(23)12-18(21(26)28)20(27)24-13-17-4-8-25(9-5-17)14-22(29)6-10-30-11-7-22;1-5(2)12-6(3)8(11)4-7(9(12)13)10(14)15/h12,15,17,29H,4-11,13-14H2,1-3H3,(H,24,27);4-5H,1-3H3,(H,14,15). The van der Waals surface area contributed by atoms with Crippen molar-refractivity contribution in [3.8, 4) is 0 Å². The number of likely N-dealkylation sites (tertiary alicyclic amines) is 1. The van der Waals surface area contributed by atoms with E-state index in [9.17, 15) is 33.1 Å². The molecule has 2 aliphatic rings. The first-order valence-electron chi connectivity index (χ1n) is 15.4. The Morgan fingerprint density at radius 3 is 1.87 bits per heavy atom.